The van der Waals surface area contributed by atoms with Crippen LogP contribution in [-0.4, -0.2) is 48.4 Å². The third kappa shape index (κ3) is 5.32. The second kappa shape index (κ2) is 9.19. The van der Waals surface area contributed by atoms with Crippen molar-refractivity contribution in [3.63, 3.8) is 0 Å². The average Bonchev–Trinajstić information content (AvgIpc) is 3.18. The molecule has 1 saturated heterocycles. The summed E-state index contributed by atoms with van der Waals surface area (Å²) >= 11 is 1.68. The van der Waals surface area contributed by atoms with Crippen molar-refractivity contribution >= 4 is 17.2 Å². The molecule has 0 spiro atoms. The predicted molar refractivity (Wildman–Crippen MR) is 107 cm³/mol. The predicted octanol–water partition coefficient (Wildman–Crippen LogP) is 4.13. The van der Waals surface area contributed by atoms with Crippen LogP contribution in [0.4, 0.5) is 0 Å². The smallest absolute Gasteiger partial charge is 0.254 e. The number of amides is 1. The lowest BCUT2D eigenvalue weighted by molar-refractivity contribution is 0.0631. The number of ether oxygens (including phenoxy) is 1. The van der Waals surface area contributed by atoms with Crippen molar-refractivity contribution in [2.45, 2.75) is 26.9 Å². The fraction of sp³-hybridized carbons (Fsp3) is 0.476. The standard InChI is InChI=1S/C21H28N2O2S/c1-17(2)8-9-22-10-12-23(13-11-22)21(24)18-5-3-6-19(15-18)25-16-20-7-4-14-26-20/h3-7,14-15,17H,8-13,16H2,1-2H3. The second-order valence-electron chi connectivity index (χ2n) is 7.21. The summed E-state index contributed by atoms with van der Waals surface area (Å²) in [5.74, 6) is 1.58. The van der Waals surface area contributed by atoms with Crippen molar-refractivity contribution in [3.05, 3.63) is 52.2 Å². The fourth-order valence-corrected chi connectivity index (χ4v) is 3.68. The Hall–Kier alpha value is -1.85. The lowest BCUT2D eigenvalue weighted by Gasteiger charge is -2.35. The molecule has 0 unspecified atom stereocenters. The van der Waals surface area contributed by atoms with E-state index >= 15 is 0 Å². The molecule has 140 valence electrons. The molecule has 5 heteroatoms. The van der Waals surface area contributed by atoms with Crippen LogP contribution in [0.2, 0.25) is 0 Å². The number of carbonyl (C=O) groups excluding carboxylic acids is 1. The van der Waals surface area contributed by atoms with Gasteiger partial charge in [-0.2, -0.15) is 0 Å². The first-order valence-corrected chi connectivity index (χ1v) is 10.3. The first-order chi connectivity index (χ1) is 12.6. The maximum absolute atomic E-state index is 12.8. The number of nitrogens with zero attached hydrogens (tertiary/aromatic N) is 2. The summed E-state index contributed by atoms with van der Waals surface area (Å²) in [6.07, 6.45) is 1.22. The first kappa shape index (κ1) is 18.9. The van der Waals surface area contributed by atoms with Crippen molar-refractivity contribution in [3.8, 4) is 5.75 Å². The average molecular weight is 373 g/mol. The molecule has 1 aliphatic rings. The van der Waals surface area contributed by atoms with E-state index in [4.69, 9.17) is 4.74 Å². The van der Waals surface area contributed by atoms with Gasteiger partial charge in [-0.1, -0.05) is 26.0 Å². The number of hydrogen-bond donors (Lipinski definition) is 0. The Morgan fingerprint density at radius 2 is 1.96 bits per heavy atom. The zero-order valence-electron chi connectivity index (χ0n) is 15.7. The number of thiophene rings is 1. The van der Waals surface area contributed by atoms with E-state index in [0.717, 1.165) is 44.4 Å². The molecule has 3 rings (SSSR count). The molecule has 26 heavy (non-hydrogen) atoms. The Bertz CT molecular complexity index is 692. The molecule has 0 saturated carbocycles. The zero-order valence-corrected chi connectivity index (χ0v) is 16.5. The summed E-state index contributed by atoms with van der Waals surface area (Å²) in [6, 6.07) is 11.6. The van der Waals surface area contributed by atoms with Gasteiger partial charge in [0.1, 0.15) is 12.4 Å². The summed E-state index contributed by atoms with van der Waals surface area (Å²) in [5, 5.41) is 2.04. The van der Waals surface area contributed by atoms with E-state index in [-0.39, 0.29) is 5.91 Å². The maximum Gasteiger partial charge on any atom is 0.254 e. The summed E-state index contributed by atoms with van der Waals surface area (Å²) < 4.78 is 5.83. The van der Waals surface area contributed by atoms with Crippen LogP contribution >= 0.6 is 11.3 Å². The Morgan fingerprint density at radius 1 is 1.15 bits per heavy atom. The number of piperazine rings is 1. The van der Waals surface area contributed by atoms with Gasteiger partial charge >= 0.3 is 0 Å². The Kier molecular flexibility index (Phi) is 6.69. The Balaban J connectivity index is 1.52. The molecular weight excluding hydrogens is 344 g/mol. The molecule has 2 heterocycles. The van der Waals surface area contributed by atoms with Gasteiger partial charge in [0.25, 0.3) is 5.91 Å². The highest BCUT2D eigenvalue weighted by molar-refractivity contribution is 7.09. The molecule has 0 bridgehead atoms. The minimum Gasteiger partial charge on any atom is -0.488 e. The molecule has 0 aliphatic carbocycles. The van der Waals surface area contributed by atoms with Gasteiger partial charge in [0.05, 0.1) is 0 Å². The van der Waals surface area contributed by atoms with Crippen molar-refractivity contribution in [2.75, 3.05) is 32.7 Å². The maximum atomic E-state index is 12.8. The van der Waals surface area contributed by atoms with E-state index in [1.54, 1.807) is 11.3 Å². The molecule has 1 aromatic carbocycles. The van der Waals surface area contributed by atoms with E-state index in [9.17, 15) is 4.79 Å². The van der Waals surface area contributed by atoms with Gasteiger partial charge in [-0.15, -0.1) is 11.3 Å². The minimum absolute atomic E-state index is 0.107. The Labute approximate surface area is 160 Å². The van der Waals surface area contributed by atoms with Crippen LogP contribution in [0.25, 0.3) is 0 Å². The van der Waals surface area contributed by atoms with Crippen LogP contribution in [0.1, 0.15) is 35.5 Å². The molecule has 1 aliphatic heterocycles. The van der Waals surface area contributed by atoms with Gasteiger partial charge in [0.2, 0.25) is 0 Å². The highest BCUT2D eigenvalue weighted by atomic mass is 32.1. The van der Waals surface area contributed by atoms with Crippen molar-refractivity contribution in [1.29, 1.82) is 0 Å². The van der Waals surface area contributed by atoms with Gasteiger partial charge in [0, 0.05) is 36.6 Å². The molecule has 0 radical (unpaired) electrons. The molecule has 1 amide bonds. The molecular formula is C21H28N2O2S. The second-order valence-corrected chi connectivity index (χ2v) is 8.24. The summed E-state index contributed by atoms with van der Waals surface area (Å²) in [6.45, 7) is 9.73. The van der Waals surface area contributed by atoms with Crippen molar-refractivity contribution < 1.29 is 9.53 Å². The highest BCUT2D eigenvalue weighted by Crippen LogP contribution is 2.19. The monoisotopic (exact) mass is 372 g/mol. The SMILES string of the molecule is CC(C)CCN1CCN(C(=O)c2cccc(OCc3cccs3)c2)CC1. The van der Waals surface area contributed by atoms with Crippen LogP contribution in [0.15, 0.2) is 41.8 Å². The van der Waals surface area contributed by atoms with Gasteiger partial charge in [0.15, 0.2) is 0 Å². The van der Waals surface area contributed by atoms with Gasteiger partial charge in [-0.3, -0.25) is 9.69 Å². The summed E-state index contributed by atoms with van der Waals surface area (Å²) in [5.41, 5.74) is 0.712. The topological polar surface area (TPSA) is 32.8 Å². The van der Waals surface area contributed by atoms with Crippen LogP contribution in [-0.2, 0) is 6.61 Å². The summed E-state index contributed by atoms with van der Waals surface area (Å²) in [4.78, 5) is 18.4. The number of rotatable bonds is 7. The van der Waals surface area contributed by atoms with Crippen LogP contribution in [0.5, 0.6) is 5.75 Å². The molecule has 0 N–H and O–H groups in total. The lowest BCUT2D eigenvalue weighted by Crippen LogP contribution is -2.49. The molecule has 4 nitrogen and oxygen atoms in total. The van der Waals surface area contributed by atoms with E-state index in [0.29, 0.717) is 12.2 Å². The third-order valence-electron chi connectivity index (χ3n) is 4.72. The van der Waals surface area contributed by atoms with Crippen molar-refractivity contribution in [2.24, 2.45) is 5.92 Å². The zero-order chi connectivity index (χ0) is 18.4. The van der Waals surface area contributed by atoms with E-state index < -0.39 is 0 Å². The lowest BCUT2D eigenvalue weighted by atomic mass is 10.1. The number of hydrogen-bond acceptors (Lipinski definition) is 4. The van der Waals surface area contributed by atoms with E-state index in [2.05, 4.69) is 24.8 Å². The fourth-order valence-electron chi connectivity index (χ4n) is 3.07. The normalized spacial score (nSPS) is 15.4. The number of benzene rings is 1. The molecule has 1 fully saturated rings. The number of carbonyl (C=O) groups is 1. The largest absolute Gasteiger partial charge is 0.488 e. The van der Waals surface area contributed by atoms with Crippen LogP contribution in [0, 0.1) is 5.92 Å². The Morgan fingerprint density at radius 3 is 2.65 bits per heavy atom. The van der Waals surface area contributed by atoms with E-state index in [1.165, 1.54) is 11.3 Å². The minimum atomic E-state index is 0.107. The first-order valence-electron chi connectivity index (χ1n) is 9.38. The quantitative estimate of drug-likeness (QED) is 0.733. The third-order valence-corrected chi connectivity index (χ3v) is 5.57. The van der Waals surface area contributed by atoms with Crippen LogP contribution in [0.3, 0.4) is 0 Å². The van der Waals surface area contributed by atoms with E-state index in [1.807, 2.05) is 40.6 Å². The van der Waals surface area contributed by atoms with Gasteiger partial charge < -0.3 is 9.64 Å². The van der Waals surface area contributed by atoms with Crippen molar-refractivity contribution in [1.82, 2.24) is 9.80 Å². The molecule has 1 aromatic heterocycles. The molecule has 2 aromatic rings. The molecule has 0 atom stereocenters. The van der Waals surface area contributed by atoms with Gasteiger partial charge in [-0.05, 0) is 48.5 Å². The summed E-state index contributed by atoms with van der Waals surface area (Å²) in [7, 11) is 0. The van der Waals surface area contributed by atoms with Gasteiger partial charge in [-0.25, -0.2) is 0 Å². The highest BCUT2D eigenvalue weighted by Gasteiger charge is 2.22. The van der Waals surface area contributed by atoms with Crippen LogP contribution < -0.4 is 4.74 Å².